The van der Waals surface area contributed by atoms with Crippen LogP contribution in [0.3, 0.4) is 0 Å². The third-order valence-electron chi connectivity index (χ3n) is 3.00. The van der Waals surface area contributed by atoms with E-state index in [-0.39, 0.29) is 11.2 Å². The molecule has 2 N–H and O–H groups in total. The molecular formula is C15H17BrFN3O. The number of aromatic nitrogens is 2. The van der Waals surface area contributed by atoms with Crippen molar-refractivity contribution in [3.8, 4) is 17.1 Å². The molecule has 1 aromatic carbocycles. The largest absolute Gasteiger partial charge is 0.505 e. The Morgan fingerprint density at radius 2 is 1.90 bits per heavy atom. The van der Waals surface area contributed by atoms with Gasteiger partial charge in [-0.3, -0.25) is 0 Å². The second-order valence-electron chi connectivity index (χ2n) is 5.72. The minimum atomic E-state index is -0.692. The Kier molecular flexibility index (Phi) is 4.18. The van der Waals surface area contributed by atoms with Gasteiger partial charge in [-0.05, 0) is 34.1 Å². The van der Waals surface area contributed by atoms with Gasteiger partial charge in [-0.2, -0.15) is 0 Å². The lowest BCUT2D eigenvalue weighted by atomic mass is 9.91. The lowest BCUT2D eigenvalue weighted by Crippen LogP contribution is -2.17. The number of nitrogens with zero attached hydrogens (tertiary/aromatic N) is 2. The number of phenolic OH excluding ortho intramolecular Hbond substituents is 1. The third-order valence-corrected chi connectivity index (χ3v) is 3.76. The lowest BCUT2D eigenvalue weighted by molar-refractivity contribution is 0.432. The Morgan fingerprint density at radius 1 is 1.24 bits per heavy atom. The molecule has 2 aromatic rings. The van der Waals surface area contributed by atoms with E-state index in [0.717, 1.165) is 10.2 Å². The molecule has 0 aliphatic rings. The van der Waals surface area contributed by atoms with E-state index >= 15 is 0 Å². The first-order chi connectivity index (χ1) is 9.74. The predicted octanol–water partition coefficient (Wildman–Crippen LogP) is 4.09. The molecule has 21 heavy (non-hydrogen) atoms. The molecule has 4 nitrogen and oxygen atoms in total. The summed E-state index contributed by atoms with van der Waals surface area (Å²) in [5.74, 6) is -0.0344. The highest BCUT2D eigenvalue weighted by Crippen LogP contribution is 2.34. The van der Waals surface area contributed by atoms with E-state index < -0.39 is 5.82 Å². The molecule has 1 aromatic heterocycles. The van der Waals surface area contributed by atoms with E-state index in [2.05, 4.69) is 31.2 Å². The molecule has 0 aliphatic carbocycles. The summed E-state index contributed by atoms with van der Waals surface area (Å²) >= 11 is 3.51. The summed E-state index contributed by atoms with van der Waals surface area (Å²) in [5.41, 5.74) is 1.14. The van der Waals surface area contributed by atoms with E-state index in [0.29, 0.717) is 17.2 Å². The van der Waals surface area contributed by atoms with Crippen molar-refractivity contribution in [2.75, 3.05) is 12.4 Å². The van der Waals surface area contributed by atoms with Gasteiger partial charge in [0.15, 0.2) is 17.4 Å². The quantitative estimate of drug-likeness (QED) is 0.853. The van der Waals surface area contributed by atoms with Crippen LogP contribution in [-0.4, -0.2) is 22.1 Å². The first-order valence-electron chi connectivity index (χ1n) is 6.48. The fraction of sp³-hybridized carbons (Fsp3) is 0.333. The third kappa shape index (κ3) is 3.15. The normalized spacial score (nSPS) is 11.5. The first-order valence-corrected chi connectivity index (χ1v) is 7.28. The highest BCUT2D eigenvalue weighted by molar-refractivity contribution is 9.10. The van der Waals surface area contributed by atoms with Gasteiger partial charge in [-0.1, -0.05) is 20.8 Å². The van der Waals surface area contributed by atoms with Crippen LogP contribution in [0.4, 0.5) is 10.2 Å². The maximum atomic E-state index is 13.5. The average molecular weight is 354 g/mol. The van der Waals surface area contributed by atoms with Crippen LogP contribution in [-0.2, 0) is 5.41 Å². The Morgan fingerprint density at radius 3 is 2.43 bits per heavy atom. The van der Waals surface area contributed by atoms with Gasteiger partial charge in [0.2, 0.25) is 0 Å². The van der Waals surface area contributed by atoms with Crippen LogP contribution in [0.15, 0.2) is 22.7 Å². The summed E-state index contributed by atoms with van der Waals surface area (Å²) in [4.78, 5) is 8.94. The van der Waals surface area contributed by atoms with E-state index in [1.54, 1.807) is 13.1 Å². The summed E-state index contributed by atoms with van der Waals surface area (Å²) in [6.07, 6.45) is 0. The van der Waals surface area contributed by atoms with Gasteiger partial charge in [0.25, 0.3) is 0 Å². The smallest absolute Gasteiger partial charge is 0.165 e. The summed E-state index contributed by atoms with van der Waals surface area (Å²) in [5, 5.41) is 12.3. The molecule has 0 atom stereocenters. The number of anilines is 1. The van der Waals surface area contributed by atoms with Crippen molar-refractivity contribution < 1.29 is 9.50 Å². The zero-order valence-electron chi connectivity index (χ0n) is 12.3. The van der Waals surface area contributed by atoms with Crippen LogP contribution in [0.2, 0.25) is 0 Å². The van der Waals surface area contributed by atoms with Crippen molar-refractivity contribution in [2.45, 2.75) is 26.2 Å². The lowest BCUT2D eigenvalue weighted by Gasteiger charge is -2.21. The molecule has 112 valence electrons. The second kappa shape index (κ2) is 5.60. The summed E-state index contributed by atoms with van der Waals surface area (Å²) in [7, 11) is 1.76. The van der Waals surface area contributed by atoms with Crippen LogP contribution < -0.4 is 5.32 Å². The van der Waals surface area contributed by atoms with Gasteiger partial charge in [-0.15, -0.1) is 0 Å². The van der Waals surface area contributed by atoms with Crippen molar-refractivity contribution in [2.24, 2.45) is 0 Å². The molecule has 0 bridgehead atoms. The fourth-order valence-electron chi connectivity index (χ4n) is 1.88. The maximum absolute atomic E-state index is 13.5. The zero-order chi connectivity index (χ0) is 15.8. The fourth-order valence-corrected chi connectivity index (χ4v) is 2.86. The van der Waals surface area contributed by atoms with E-state index in [1.807, 2.05) is 20.8 Å². The van der Waals surface area contributed by atoms with E-state index in [1.165, 1.54) is 12.1 Å². The van der Waals surface area contributed by atoms with Crippen LogP contribution >= 0.6 is 15.9 Å². The molecular weight excluding hydrogens is 337 g/mol. The molecule has 0 aliphatic heterocycles. The SMILES string of the molecule is CNc1nc(-c2ccc(O)c(F)c2)nc(C(C)(C)C)c1Br. The molecule has 0 unspecified atom stereocenters. The molecule has 0 spiro atoms. The predicted molar refractivity (Wildman–Crippen MR) is 85.0 cm³/mol. The highest BCUT2D eigenvalue weighted by atomic mass is 79.9. The van der Waals surface area contributed by atoms with Crippen LogP contribution in [0.25, 0.3) is 11.4 Å². The number of rotatable bonds is 2. The van der Waals surface area contributed by atoms with Gasteiger partial charge in [0.1, 0.15) is 5.82 Å². The van der Waals surface area contributed by atoms with Crippen molar-refractivity contribution in [3.63, 3.8) is 0 Å². The Hall–Kier alpha value is -1.69. The standard InChI is InChI=1S/C15H17BrFN3O/c1-15(2,3)12-11(16)14(18-4)20-13(19-12)8-5-6-10(21)9(17)7-8/h5-7,21H,1-4H3,(H,18,19,20). The summed E-state index contributed by atoms with van der Waals surface area (Å²) in [6.45, 7) is 6.13. The Balaban J connectivity index is 2.66. The molecule has 0 saturated carbocycles. The number of hydrogen-bond acceptors (Lipinski definition) is 4. The molecule has 0 saturated heterocycles. The minimum Gasteiger partial charge on any atom is -0.505 e. The monoisotopic (exact) mass is 353 g/mol. The minimum absolute atomic E-state index is 0.197. The van der Waals surface area contributed by atoms with Crippen molar-refractivity contribution in [1.82, 2.24) is 9.97 Å². The first kappa shape index (κ1) is 15.7. The number of aromatic hydroxyl groups is 1. The van der Waals surface area contributed by atoms with E-state index in [9.17, 15) is 9.50 Å². The number of benzene rings is 1. The maximum Gasteiger partial charge on any atom is 0.165 e. The Labute approximate surface area is 131 Å². The molecule has 1 heterocycles. The number of nitrogens with one attached hydrogen (secondary N) is 1. The number of hydrogen-bond donors (Lipinski definition) is 2. The van der Waals surface area contributed by atoms with Gasteiger partial charge in [-0.25, -0.2) is 14.4 Å². The van der Waals surface area contributed by atoms with Crippen LogP contribution in [0.5, 0.6) is 5.75 Å². The zero-order valence-corrected chi connectivity index (χ0v) is 13.9. The van der Waals surface area contributed by atoms with Crippen molar-refractivity contribution in [3.05, 3.63) is 34.2 Å². The number of halogens is 2. The van der Waals surface area contributed by atoms with Crippen LogP contribution in [0, 0.1) is 5.82 Å². The highest BCUT2D eigenvalue weighted by Gasteiger charge is 2.23. The molecule has 0 amide bonds. The summed E-state index contributed by atoms with van der Waals surface area (Å²) in [6, 6.07) is 4.11. The average Bonchev–Trinajstić information content (AvgIpc) is 2.41. The van der Waals surface area contributed by atoms with Gasteiger partial charge < -0.3 is 10.4 Å². The number of phenols is 1. The Bertz CT molecular complexity index is 683. The second-order valence-corrected chi connectivity index (χ2v) is 6.52. The van der Waals surface area contributed by atoms with Crippen LogP contribution in [0.1, 0.15) is 26.5 Å². The molecule has 0 radical (unpaired) electrons. The molecule has 0 fully saturated rings. The molecule has 2 rings (SSSR count). The van der Waals surface area contributed by atoms with Crippen molar-refractivity contribution in [1.29, 1.82) is 0 Å². The van der Waals surface area contributed by atoms with E-state index in [4.69, 9.17) is 0 Å². The summed E-state index contributed by atoms with van der Waals surface area (Å²) < 4.78 is 14.3. The van der Waals surface area contributed by atoms with Gasteiger partial charge >= 0.3 is 0 Å². The molecule has 6 heteroatoms. The van der Waals surface area contributed by atoms with Crippen molar-refractivity contribution >= 4 is 21.7 Å². The van der Waals surface area contributed by atoms with Gasteiger partial charge in [0, 0.05) is 18.0 Å². The van der Waals surface area contributed by atoms with Gasteiger partial charge in [0.05, 0.1) is 10.2 Å². The topological polar surface area (TPSA) is 58.0 Å².